The third kappa shape index (κ3) is 9.30. The second kappa shape index (κ2) is 13.2. The Morgan fingerprint density at radius 3 is 2.37 bits per heavy atom. The Labute approximate surface area is 233 Å². The van der Waals surface area contributed by atoms with Crippen molar-refractivity contribution in [3.8, 4) is 0 Å². The van der Waals surface area contributed by atoms with Crippen molar-refractivity contribution in [2.75, 3.05) is 5.73 Å². The van der Waals surface area contributed by atoms with Crippen molar-refractivity contribution in [2.24, 2.45) is 0 Å². The number of nitrogen functional groups attached to an aromatic ring is 1. The lowest BCUT2D eigenvalue weighted by molar-refractivity contribution is -0.0798. The van der Waals surface area contributed by atoms with E-state index in [2.05, 4.69) is 23.6 Å². The van der Waals surface area contributed by atoms with E-state index < -0.39 is 54.1 Å². The number of ether oxygens (including phenoxy) is 1. The van der Waals surface area contributed by atoms with Crippen molar-refractivity contribution in [1.29, 1.82) is 0 Å². The molecule has 0 saturated carbocycles. The molecule has 0 radical (unpaired) electrons. The SMILES string of the molecule is CC(C)=CCCC(C)=CCC(OP(=O)(O)OP(=O)(O)OP(=O)(O)O)[C@H]1O[C@@H](n2cnc3c(N)ncnc32)[C@H](O)[C@@H]1O. The molecule has 2 aromatic heterocycles. The molecule has 1 saturated heterocycles. The highest BCUT2D eigenvalue weighted by Crippen LogP contribution is 2.67. The van der Waals surface area contributed by atoms with Gasteiger partial charge in [-0.25, -0.2) is 28.6 Å². The number of aliphatic hydroxyl groups excluding tert-OH is 2. The topological polar surface area (TPSA) is 279 Å². The van der Waals surface area contributed by atoms with E-state index >= 15 is 0 Å². The van der Waals surface area contributed by atoms with Crippen LogP contribution in [0.15, 0.2) is 36.0 Å². The van der Waals surface area contributed by atoms with Crippen molar-refractivity contribution in [1.82, 2.24) is 19.5 Å². The molecule has 1 aliphatic rings. The van der Waals surface area contributed by atoms with Gasteiger partial charge in [-0.15, -0.1) is 0 Å². The molecular formula is C20H32N5O13P3. The molecule has 230 valence electrons. The van der Waals surface area contributed by atoms with Gasteiger partial charge in [-0.05, 0) is 40.0 Å². The van der Waals surface area contributed by atoms with Crippen molar-refractivity contribution >= 4 is 40.4 Å². The maximum absolute atomic E-state index is 12.7. The van der Waals surface area contributed by atoms with Crippen LogP contribution in [0.1, 0.15) is 46.3 Å². The Morgan fingerprint density at radius 1 is 1.05 bits per heavy atom. The standard InChI is InChI=1S/C20H32N5O13P3/c1-11(2)5-4-6-12(3)7-8-13(36-40(31,32)38-41(33,34)37-39(28,29)30)17-15(26)16(27)20(35-17)25-10-24-14-18(21)22-9-23-19(14)25/h5,7,9-10,13,15-17,20,26-27H,4,6,8H2,1-3H3,(H,31,32)(H,33,34)(H2,21,22,23)(H2,28,29,30)/t13?,15-,16+,17+,20+/m0/s1. The number of hydrogen-bond acceptors (Lipinski definition) is 13. The third-order valence-corrected chi connectivity index (χ3v) is 9.64. The lowest BCUT2D eigenvalue weighted by Crippen LogP contribution is -2.39. The minimum Gasteiger partial charge on any atom is -0.387 e. The predicted molar refractivity (Wildman–Crippen MR) is 141 cm³/mol. The van der Waals surface area contributed by atoms with Gasteiger partial charge in [0.05, 0.1) is 6.33 Å². The lowest BCUT2D eigenvalue weighted by Gasteiger charge is -2.27. The summed E-state index contributed by atoms with van der Waals surface area (Å²) < 4.78 is 55.2. The highest BCUT2D eigenvalue weighted by molar-refractivity contribution is 7.66. The number of nitrogens with two attached hydrogens (primary N) is 1. The third-order valence-electron chi connectivity index (χ3n) is 5.78. The minimum atomic E-state index is -5.81. The summed E-state index contributed by atoms with van der Waals surface area (Å²) >= 11 is 0. The van der Waals surface area contributed by atoms with Crippen LogP contribution in [0, 0.1) is 0 Å². The summed E-state index contributed by atoms with van der Waals surface area (Å²) in [4.78, 5) is 49.2. The Bertz CT molecular complexity index is 1440. The molecule has 3 heterocycles. The molecule has 18 nitrogen and oxygen atoms in total. The smallest absolute Gasteiger partial charge is 0.387 e. The summed E-state index contributed by atoms with van der Waals surface area (Å²) in [6.45, 7) is 5.64. The van der Waals surface area contributed by atoms with Crippen molar-refractivity contribution in [2.45, 2.75) is 70.7 Å². The largest absolute Gasteiger partial charge is 0.490 e. The van der Waals surface area contributed by atoms with Gasteiger partial charge in [0, 0.05) is 0 Å². The molecule has 0 bridgehead atoms. The summed E-state index contributed by atoms with van der Waals surface area (Å²) in [6.07, 6.45) is -0.869. The average Bonchev–Trinajstić information content (AvgIpc) is 3.36. The Balaban J connectivity index is 1.89. The first-order chi connectivity index (χ1) is 18.9. The van der Waals surface area contributed by atoms with Crippen LogP contribution in [0.2, 0.25) is 0 Å². The number of phosphoric ester groups is 1. The number of aromatic nitrogens is 4. The summed E-state index contributed by atoms with van der Waals surface area (Å²) in [6, 6.07) is 0. The Hall–Kier alpha value is -1.88. The predicted octanol–water partition coefficient (Wildman–Crippen LogP) is 1.82. The molecule has 1 aliphatic heterocycles. The minimum absolute atomic E-state index is 0.0394. The van der Waals surface area contributed by atoms with Crippen LogP contribution in [0.3, 0.4) is 0 Å². The summed E-state index contributed by atoms with van der Waals surface area (Å²) in [5.74, 6) is 0.0394. The first kappa shape index (κ1) is 33.6. The maximum atomic E-state index is 12.7. The number of fused-ring (bicyclic) bond motifs is 1. The molecule has 3 unspecified atom stereocenters. The van der Waals surface area contributed by atoms with E-state index in [9.17, 15) is 33.7 Å². The highest BCUT2D eigenvalue weighted by Gasteiger charge is 2.50. The number of rotatable bonds is 13. The fourth-order valence-corrected chi connectivity index (χ4v) is 7.20. The van der Waals surface area contributed by atoms with Crippen molar-refractivity contribution in [3.05, 3.63) is 36.0 Å². The highest BCUT2D eigenvalue weighted by atomic mass is 31.3. The van der Waals surface area contributed by atoms with E-state index in [0.717, 1.165) is 17.5 Å². The van der Waals surface area contributed by atoms with Gasteiger partial charge in [0.15, 0.2) is 17.7 Å². The van der Waals surface area contributed by atoms with Gasteiger partial charge < -0.3 is 40.3 Å². The molecule has 2 aromatic rings. The van der Waals surface area contributed by atoms with Crippen LogP contribution in [0.25, 0.3) is 11.2 Å². The van der Waals surface area contributed by atoms with Gasteiger partial charge in [0.1, 0.15) is 36.3 Å². The quantitative estimate of drug-likeness (QED) is 0.121. The molecule has 0 aliphatic carbocycles. The van der Waals surface area contributed by atoms with Gasteiger partial charge in [0.25, 0.3) is 0 Å². The number of anilines is 1. The average molecular weight is 643 g/mol. The summed E-state index contributed by atoms with van der Waals surface area (Å²) in [7, 11) is -17.1. The van der Waals surface area contributed by atoms with E-state index in [-0.39, 0.29) is 23.4 Å². The first-order valence-corrected chi connectivity index (χ1v) is 16.5. The van der Waals surface area contributed by atoms with Crippen LogP contribution < -0.4 is 5.73 Å². The monoisotopic (exact) mass is 643 g/mol. The van der Waals surface area contributed by atoms with E-state index in [1.165, 1.54) is 10.9 Å². The van der Waals surface area contributed by atoms with Gasteiger partial charge in [-0.3, -0.25) is 9.09 Å². The molecule has 1 fully saturated rings. The van der Waals surface area contributed by atoms with Gasteiger partial charge in [-0.2, -0.15) is 8.62 Å². The Morgan fingerprint density at radius 2 is 1.73 bits per heavy atom. The molecular weight excluding hydrogens is 611 g/mol. The molecule has 8 N–H and O–H groups in total. The van der Waals surface area contributed by atoms with Crippen molar-refractivity contribution < 1.29 is 61.4 Å². The first-order valence-electron chi connectivity index (χ1n) is 11.9. The van der Waals surface area contributed by atoms with Crippen LogP contribution in [-0.4, -0.2) is 73.7 Å². The molecule has 0 amide bonds. The van der Waals surface area contributed by atoms with Gasteiger partial charge in [-0.1, -0.05) is 23.3 Å². The van der Waals surface area contributed by atoms with Crippen LogP contribution in [0.5, 0.6) is 0 Å². The van der Waals surface area contributed by atoms with Crippen molar-refractivity contribution in [3.63, 3.8) is 0 Å². The molecule has 0 aromatic carbocycles. The zero-order valence-corrected chi connectivity index (χ0v) is 24.7. The van der Waals surface area contributed by atoms with E-state index in [1.807, 2.05) is 19.9 Å². The number of hydrogen-bond donors (Lipinski definition) is 7. The fraction of sp³-hybridized carbons (Fsp3) is 0.550. The van der Waals surface area contributed by atoms with Crippen LogP contribution in [0.4, 0.5) is 5.82 Å². The van der Waals surface area contributed by atoms with Crippen LogP contribution in [-0.2, 0) is 31.6 Å². The number of nitrogens with zero attached hydrogens (tertiary/aromatic N) is 4. The maximum Gasteiger partial charge on any atom is 0.490 e. The zero-order valence-electron chi connectivity index (χ0n) is 22.1. The number of phosphoric acid groups is 3. The molecule has 41 heavy (non-hydrogen) atoms. The fourth-order valence-electron chi connectivity index (χ4n) is 3.99. The van der Waals surface area contributed by atoms with E-state index in [4.69, 9.17) is 24.8 Å². The van der Waals surface area contributed by atoms with Crippen LogP contribution >= 0.6 is 23.5 Å². The second-order valence-electron chi connectivity index (χ2n) is 9.40. The second-order valence-corrected chi connectivity index (χ2v) is 13.8. The molecule has 21 heteroatoms. The lowest BCUT2D eigenvalue weighted by atomic mass is 10.0. The molecule has 7 atom stereocenters. The van der Waals surface area contributed by atoms with Gasteiger partial charge in [0.2, 0.25) is 0 Å². The number of aliphatic hydroxyl groups is 2. The number of allylic oxidation sites excluding steroid dienone is 3. The number of imidazole rings is 1. The zero-order chi connectivity index (χ0) is 30.8. The van der Waals surface area contributed by atoms with E-state index in [0.29, 0.717) is 12.8 Å². The summed E-state index contributed by atoms with van der Waals surface area (Å²) in [5, 5.41) is 21.7. The summed E-state index contributed by atoms with van der Waals surface area (Å²) in [5.41, 5.74) is 8.03. The van der Waals surface area contributed by atoms with E-state index in [1.54, 1.807) is 13.0 Å². The van der Waals surface area contributed by atoms with Gasteiger partial charge >= 0.3 is 23.5 Å². The normalized spacial score (nSPS) is 25.5. The molecule has 0 spiro atoms. The Kier molecular flexibility index (Phi) is 10.8. The molecule has 3 rings (SSSR count).